The van der Waals surface area contributed by atoms with Gasteiger partial charge in [-0.05, 0) is 30.3 Å². The van der Waals surface area contributed by atoms with Crippen molar-refractivity contribution in [2.75, 3.05) is 16.0 Å². The molecule has 0 aliphatic carbocycles. The molecule has 0 bridgehead atoms. The Morgan fingerprint density at radius 2 is 1.90 bits per heavy atom. The number of carbonyl (C=O) groups is 2. The summed E-state index contributed by atoms with van der Waals surface area (Å²) in [6, 6.07) is 9.50. The lowest BCUT2D eigenvalue weighted by Crippen LogP contribution is -2.36. The van der Waals surface area contributed by atoms with E-state index in [0.717, 1.165) is 12.1 Å². The Kier molecular flexibility index (Phi) is 5.38. The molecule has 8 nitrogen and oxygen atoms in total. The smallest absolute Gasteiger partial charge is 0.258 e. The molecule has 0 fully saturated rings. The van der Waals surface area contributed by atoms with Crippen LogP contribution in [0.25, 0.3) is 0 Å². The van der Waals surface area contributed by atoms with Gasteiger partial charge >= 0.3 is 0 Å². The van der Waals surface area contributed by atoms with Gasteiger partial charge in [-0.25, -0.2) is 8.78 Å². The zero-order valence-corrected chi connectivity index (χ0v) is 16.4. The minimum absolute atomic E-state index is 0.0138. The van der Waals surface area contributed by atoms with E-state index >= 15 is 0 Å². The number of fused-ring (bicyclic) bond motifs is 1. The van der Waals surface area contributed by atoms with Gasteiger partial charge in [-0.3, -0.25) is 19.4 Å². The highest BCUT2D eigenvalue weighted by atomic mass is 35.5. The third kappa shape index (κ3) is 4.38. The Balaban J connectivity index is 1.64. The zero-order chi connectivity index (χ0) is 22.1. The van der Waals surface area contributed by atoms with Crippen molar-refractivity contribution in [2.24, 2.45) is 0 Å². The molecule has 0 saturated carbocycles. The van der Waals surface area contributed by atoms with Crippen molar-refractivity contribution in [3.8, 4) is 0 Å². The number of benzene rings is 2. The number of aromatic amines is 1. The first-order chi connectivity index (χ1) is 14.8. The molecule has 2 amide bonds. The fraction of sp³-hybridized carbons (Fsp3) is 0.100. The number of halogens is 3. The molecule has 4 N–H and O–H groups in total. The number of H-pyrrole nitrogens is 1. The summed E-state index contributed by atoms with van der Waals surface area (Å²) < 4.78 is 26.5. The summed E-state index contributed by atoms with van der Waals surface area (Å²) in [5.41, 5.74) is -0.151. The van der Waals surface area contributed by atoms with Crippen molar-refractivity contribution in [1.29, 1.82) is 0 Å². The molecular formula is C20H14ClF2N5O3. The molecule has 0 saturated heterocycles. The van der Waals surface area contributed by atoms with Crippen LogP contribution in [-0.4, -0.2) is 21.8 Å². The molecule has 158 valence electrons. The van der Waals surface area contributed by atoms with E-state index in [-0.39, 0.29) is 29.4 Å². The van der Waals surface area contributed by atoms with E-state index in [1.807, 2.05) is 0 Å². The summed E-state index contributed by atoms with van der Waals surface area (Å²) in [4.78, 5) is 44.3. The van der Waals surface area contributed by atoms with Crippen LogP contribution in [0.2, 0.25) is 5.02 Å². The lowest BCUT2D eigenvalue weighted by Gasteiger charge is -2.23. The van der Waals surface area contributed by atoms with Crippen LogP contribution in [0.5, 0.6) is 0 Å². The van der Waals surface area contributed by atoms with Crippen LogP contribution in [-0.2, 0) is 9.59 Å². The molecule has 31 heavy (non-hydrogen) atoms. The van der Waals surface area contributed by atoms with E-state index < -0.39 is 34.9 Å². The van der Waals surface area contributed by atoms with Crippen LogP contribution in [0.3, 0.4) is 0 Å². The van der Waals surface area contributed by atoms with Gasteiger partial charge in [0.1, 0.15) is 5.82 Å². The molecule has 1 aromatic heterocycles. The third-order valence-electron chi connectivity index (χ3n) is 4.54. The molecular weight excluding hydrogens is 432 g/mol. The van der Waals surface area contributed by atoms with Gasteiger partial charge in [0.25, 0.3) is 5.56 Å². The summed E-state index contributed by atoms with van der Waals surface area (Å²) in [6.45, 7) is 0. The van der Waals surface area contributed by atoms with Crippen molar-refractivity contribution in [2.45, 2.75) is 12.3 Å². The van der Waals surface area contributed by atoms with Crippen LogP contribution >= 0.6 is 11.6 Å². The molecule has 0 spiro atoms. The van der Waals surface area contributed by atoms with E-state index in [2.05, 4.69) is 25.9 Å². The summed E-state index contributed by atoms with van der Waals surface area (Å²) in [5.74, 6) is -4.68. The Labute approximate surface area is 178 Å². The molecule has 1 unspecified atom stereocenters. The zero-order valence-electron chi connectivity index (χ0n) is 15.6. The molecule has 2 aromatic carbocycles. The van der Waals surface area contributed by atoms with Crippen LogP contribution in [0.4, 0.5) is 31.9 Å². The van der Waals surface area contributed by atoms with Crippen molar-refractivity contribution < 1.29 is 18.4 Å². The predicted molar refractivity (Wildman–Crippen MR) is 111 cm³/mol. The SMILES string of the molecule is O=C1CC(C(=O)Nc2ccc(F)c(F)c2)c2c(nc(Nc3cccc(Cl)c3)[nH]c2=O)N1. The van der Waals surface area contributed by atoms with E-state index in [1.165, 1.54) is 6.07 Å². The summed E-state index contributed by atoms with van der Waals surface area (Å²) in [5, 5.41) is 8.20. The predicted octanol–water partition coefficient (Wildman–Crippen LogP) is 3.51. The molecule has 1 aliphatic heterocycles. The van der Waals surface area contributed by atoms with Crippen LogP contribution in [0.15, 0.2) is 47.3 Å². The van der Waals surface area contributed by atoms with Gasteiger partial charge in [0, 0.05) is 28.9 Å². The van der Waals surface area contributed by atoms with E-state index in [4.69, 9.17) is 11.6 Å². The molecule has 1 atom stereocenters. The number of nitrogens with one attached hydrogen (secondary N) is 4. The first kappa shape index (κ1) is 20.5. The second kappa shape index (κ2) is 8.15. The maximum atomic E-state index is 13.4. The number of hydrogen-bond acceptors (Lipinski definition) is 5. The van der Waals surface area contributed by atoms with Gasteiger partial charge in [0.05, 0.1) is 11.5 Å². The van der Waals surface area contributed by atoms with Gasteiger partial charge in [0.2, 0.25) is 17.8 Å². The fourth-order valence-corrected chi connectivity index (χ4v) is 3.35. The molecule has 0 radical (unpaired) electrons. The minimum atomic E-state index is -1.17. The Morgan fingerprint density at radius 1 is 1.10 bits per heavy atom. The highest BCUT2D eigenvalue weighted by Crippen LogP contribution is 2.30. The number of anilines is 4. The van der Waals surface area contributed by atoms with Gasteiger partial charge in [-0.2, -0.15) is 4.98 Å². The minimum Gasteiger partial charge on any atom is -0.326 e. The van der Waals surface area contributed by atoms with Crippen molar-refractivity contribution >= 4 is 46.6 Å². The number of amides is 2. The number of nitrogens with zero attached hydrogens (tertiary/aromatic N) is 1. The quantitative estimate of drug-likeness (QED) is 0.490. The fourth-order valence-electron chi connectivity index (χ4n) is 3.16. The monoisotopic (exact) mass is 445 g/mol. The van der Waals surface area contributed by atoms with Gasteiger partial charge in [0.15, 0.2) is 11.6 Å². The molecule has 1 aliphatic rings. The summed E-state index contributed by atoms with van der Waals surface area (Å²) >= 11 is 5.94. The maximum absolute atomic E-state index is 13.4. The maximum Gasteiger partial charge on any atom is 0.258 e. The lowest BCUT2D eigenvalue weighted by atomic mass is 9.92. The molecule has 2 heterocycles. The number of aromatic nitrogens is 2. The van der Waals surface area contributed by atoms with Crippen molar-refractivity contribution in [3.63, 3.8) is 0 Å². The topological polar surface area (TPSA) is 116 Å². The highest BCUT2D eigenvalue weighted by molar-refractivity contribution is 6.30. The highest BCUT2D eigenvalue weighted by Gasteiger charge is 2.34. The first-order valence-corrected chi connectivity index (χ1v) is 9.40. The average Bonchev–Trinajstić information content (AvgIpc) is 2.70. The Morgan fingerprint density at radius 3 is 2.65 bits per heavy atom. The lowest BCUT2D eigenvalue weighted by molar-refractivity contribution is -0.123. The molecule has 4 rings (SSSR count). The Bertz CT molecular complexity index is 1260. The van der Waals surface area contributed by atoms with E-state index in [1.54, 1.807) is 24.3 Å². The largest absolute Gasteiger partial charge is 0.326 e. The molecule has 3 aromatic rings. The number of carbonyl (C=O) groups excluding carboxylic acids is 2. The van der Waals surface area contributed by atoms with Gasteiger partial charge in [-0.1, -0.05) is 17.7 Å². The standard InChI is InChI=1S/C20H14ClF2N5O3/c21-9-2-1-3-10(6-9)25-20-27-17-16(19(31)28-20)12(8-15(29)26-17)18(30)24-11-4-5-13(22)14(23)7-11/h1-7,12H,8H2,(H,24,30)(H3,25,26,27,28,29,31). The van der Waals surface area contributed by atoms with Crippen molar-refractivity contribution in [3.05, 3.63) is 75.0 Å². The Hall–Kier alpha value is -3.79. The van der Waals surface area contributed by atoms with Crippen LogP contribution in [0, 0.1) is 11.6 Å². The summed E-state index contributed by atoms with van der Waals surface area (Å²) in [6.07, 6.45) is -0.311. The van der Waals surface area contributed by atoms with Crippen molar-refractivity contribution in [1.82, 2.24) is 9.97 Å². The first-order valence-electron chi connectivity index (χ1n) is 9.03. The van der Waals surface area contributed by atoms with Crippen LogP contribution in [0.1, 0.15) is 17.9 Å². The van der Waals surface area contributed by atoms with E-state index in [9.17, 15) is 23.2 Å². The van der Waals surface area contributed by atoms with E-state index in [0.29, 0.717) is 10.7 Å². The second-order valence-corrected chi connectivity index (χ2v) is 7.17. The van der Waals surface area contributed by atoms with Gasteiger partial charge in [-0.15, -0.1) is 0 Å². The van der Waals surface area contributed by atoms with Crippen LogP contribution < -0.4 is 21.5 Å². The number of rotatable bonds is 4. The normalized spacial score (nSPS) is 15.1. The third-order valence-corrected chi connectivity index (χ3v) is 4.78. The number of hydrogen-bond donors (Lipinski definition) is 4. The summed E-state index contributed by atoms with van der Waals surface area (Å²) in [7, 11) is 0. The average molecular weight is 446 g/mol. The van der Waals surface area contributed by atoms with Gasteiger partial charge < -0.3 is 16.0 Å². The second-order valence-electron chi connectivity index (χ2n) is 6.74. The molecule has 11 heteroatoms.